The lowest BCUT2D eigenvalue weighted by molar-refractivity contribution is 0.131. The first-order valence-corrected chi connectivity index (χ1v) is 7.15. The minimum Gasteiger partial charge on any atom is -0.313 e. The first kappa shape index (κ1) is 13.6. The summed E-state index contributed by atoms with van der Waals surface area (Å²) in [6, 6.07) is 12.1. The van der Waals surface area contributed by atoms with Gasteiger partial charge in [-0.1, -0.05) is 43.7 Å². The van der Waals surface area contributed by atoms with Gasteiger partial charge in [0, 0.05) is 18.6 Å². The van der Waals surface area contributed by atoms with Crippen molar-refractivity contribution in [1.82, 2.24) is 10.2 Å². The van der Waals surface area contributed by atoms with Gasteiger partial charge in [0.2, 0.25) is 0 Å². The molecule has 100 valence electrons. The molecule has 0 radical (unpaired) electrons. The Morgan fingerprint density at radius 3 is 2.44 bits per heavy atom. The fraction of sp³-hybridized carbons (Fsp3) is 0.625. The molecule has 1 aliphatic carbocycles. The van der Waals surface area contributed by atoms with Crippen molar-refractivity contribution in [3.63, 3.8) is 0 Å². The van der Waals surface area contributed by atoms with Gasteiger partial charge in [0.1, 0.15) is 0 Å². The Hall–Kier alpha value is -0.860. The van der Waals surface area contributed by atoms with E-state index in [0.717, 1.165) is 6.04 Å². The summed E-state index contributed by atoms with van der Waals surface area (Å²) in [7, 11) is 4.34. The average molecular weight is 246 g/mol. The van der Waals surface area contributed by atoms with Crippen LogP contribution >= 0.6 is 0 Å². The summed E-state index contributed by atoms with van der Waals surface area (Å²) in [4.78, 5) is 2.54. The number of benzene rings is 1. The molecular weight excluding hydrogens is 220 g/mol. The number of nitrogens with one attached hydrogen (secondary N) is 1. The van der Waals surface area contributed by atoms with E-state index in [1.165, 1.54) is 31.4 Å². The van der Waals surface area contributed by atoms with Gasteiger partial charge in [0.25, 0.3) is 0 Å². The molecule has 0 heterocycles. The van der Waals surface area contributed by atoms with Crippen molar-refractivity contribution in [3.05, 3.63) is 35.9 Å². The van der Waals surface area contributed by atoms with Crippen molar-refractivity contribution in [2.45, 2.75) is 38.3 Å². The molecule has 0 aliphatic heterocycles. The zero-order chi connectivity index (χ0) is 13.0. The Bertz CT molecular complexity index is 345. The minimum absolute atomic E-state index is 0.453. The number of hydrogen-bond acceptors (Lipinski definition) is 2. The van der Waals surface area contributed by atoms with Crippen molar-refractivity contribution in [2.75, 3.05) is 20.6 Å². The van der Waals surface area contributed by atoms with E-state index in [9.17, 15) is 0 Å². The summed E-state index contributed by atoms with van der Waals surface area (Å²) in [5, 5.41) is 3.47. The van der Waals surface area contributed by atoms with Crippen LogP contribution in [0.1, 0.15) is 37.8 Å². The summed E-state index contributed by atoms with van der Waals surface area (Å²) in [5.74, 6) is 0.628. The molecule has 1 aliphatic rings. The summed E-state index contributed by atoms with van der Waals surface area (Å²) in [5.41, 5.74) is 1.40. The Labute approximate surface area is 111 Å². The first-order chi connectivity index (χ1) is 8.72. The second-order valence-corrected chi connectivity index (χ2v) is 5.68. The third kappa shape index (κ3) is 3.12. The number of nitrogens with zero attached hydrogens (tertiary/aromatic N) is 1. The van der Waals surface area contributed by atoms with Gasteiger partial charge in [-0.15, -0.1) is 0 Å². The molecule has 2 nitrogen and oxygen atoms in total. The Morgan fingerprint density at radius 1 is 1.28 bits per heavy atom. The van der Waals surface area contributed by atoms with Crippen LogP contribution in [0.4, 0.5) is 0 Å². The normalized spacial score (nSPS) is 19.6. The highest BCUT2D eigenvalue weighted by atomic mass is 15.1. The Morgan fingerprint density at radius 2 is 1.94 bits per heavy atom. The average Bonchev–Trinajstić information content (AvgIpc) is 2.28. The molecule has 0 amide bonds. The number of rotatable bonds is 6. The molecule has 2 rings (SSSR count). The Balaban J connectivity index is 1.94. The van der Waals surface area contributed by atoms with E-state index >= 15 is 0 Å². The van der Waals surface area contributed by atoms with E-state index in [4.69, 9.17) is 0 Å². The van der Waals surface area contributed by atoms with Gasteiger partial charge < -0.3 is 10.2 Å². The van der Waals surface area contributed by atoms with E-state index in [2.05, 4.69) is 61.6 Å². The van der Waals surface area contributed by atoms with E-state index < -0.39 is 0 Å². The molecule has 2 heteroatoms. The lowest BCUT2D eigenvalue weighted by Gasteiger charge is -2.37. The van der Waals surface area contributed by atoms with Crippen LogP contribution in [0.2, 0.25) is 0 Å². The highest BCUT2D eigenvalue weighted by Gasteiger charge is 2.25. The topological polar surface area (TPSA) is 15.3 Å². The predicted molar refractivity (Wildman–Crippen MR) is 77.7 cm³/mol. The highest BCUT2D eigenvalue weighted by molar-refractivity contribution is 5.19. The SMILES string of the molecule is CNC(c1ccccc1)C(C)CN(C)C1CCC1. The molecule has 0 aromatic heterocycles. The highest BCUT2D eigenvalue weighted by Crippen LogP contribution is 2.27. The van der Waals surface area contributed by atoms with Crippen LogP contribution in [-0.2, 0) is 0 Å². The quantitative estimate of drug-likeness (QED) is 0.830. The molecule has 1 aromatic carbocycles. The molecule has 1 N–H and O–H groups in total. The van der Waals surface area contributed by atoms with E-state index in [1.54, 1.807) is 0 Å². The fourth-order valence-electron chi connectivity index (χ4n) is 2.98. The van der Waals surface area contributed by atoms with Crippen molar-refractivity contribution >= 4 is 0 Å². The van der Waals surface area contributed by atoms with Gasteiger partial charge in [-0.3, -0.25) is 0 Å². The van der Waals surface area contributed by atoms with Gasteiger partial charge in [-0.2, -0.15) is 0 Å². The third-order valence-electron chi connectivity index (χ3n) is 4.31. The largest absolute Gasteiger partial charge is 0.313 e. The van der Waals surface area contributed by atoms with Crippen LogP contribution in [0.25, 0.3) is 0 Å². The predicted octanol–water partition coefficient (Wildman–Crippen LogP) is 3.07. The maximum Gasteiger partial charge on any atom is 0.0355 e. The summed E-state index contributed by atoms with van der Waals surface area (Å²) < 4.78 is 0. The smallest absolute Gasteiger partial charge is 0.0355 e. The van der Waals surface area contributed by atoms with Crippen molar-refractivity contribution in [3.8, 4) is 0 Å². The zero-order valence-corrected chi connectivity index (χ0v) is 11.9. The first-order valence-electron chi connectivity index (χ1n) is 7.15. The monoisotopic (exact) mass is 246 g/mol. The maximum absolute atomic E-state index is 3.47. The number of hydrogen-bond donors (Lipinski definition) is 1. The lowest BCUT2D eigenvalue weighted by Crippen LogP contribution is -2.41. The van der Waals surface area contributed by atoms with E-state index in [0.29, 0.717) is 12.0 Å². The second kappa shape index (κ2) is 6.35. The maximum atomic E-state index is 3.47. The molecular formula is C16H26N2. The van der Waals surface area contributed by atoms with Gasteiger partial charge >= 0.3 is 0 Å². The second-order valence-electron chi connectivity index (χ2n) is 5.68. The molecule has 0 saturated heterocycles. The molecule has 0 spiro atoms. The third-order valence-corrected chi connectivity index (χ3v) is 4.31. The van der Waals surface area contributed by atoms with Gasteiger partial charge in [0.15, 0.2) is 0 Å². The summed E-state index contributed by atoms with van der Waals surface area (Å²) in [6.45, 7) is 3.52. The zero-order valence-electron chi connectivity index (χ0n) is 11.9. The summed E-state index contributed by atoms with van der Waals surface area (Å²) in [6.07, 6.45) is 4.19. The van der Waals surface area contributed by atoms with Crippen LogP contribution in [0.5, 0.6) is 0 Å². The van der Waals surface area contributed by atoms with Gasteiger partial charge in [-0.05, 0) is 38.4 Å². The lowest BCUT2D eigenvalue weighted by atomic mass is 9.89. The molecule has 1 saturated carbocycles. The van der Waals surface area contributed by atoms with Crippen LogP contribution in [-0.4, -0.2) is 31.6 Å². The van der Waals surface area contributed by atoms with E-state index in [1.807, 2.05) is 0 Å². The molecule has 0 bridgehead atoms. The van der Waals surface area contributed by atoms with Crippen LogP contribution < -0.4 is 5.32 Å². The van der Waals surface area contributed by atoms with Gasteiger partial charge in [0.05, 0.1) is 0 Å². The van der Waals surface area contributed by atoms with Crippen molar-refractivity contribution < 1.29 is 0 Å². The fourth-order valence-corrected chi connectivity index (χ4v) is 2.98. The standard InChI is InChI=1S/C16H26N2/c1-13(12-18(3)15-10-7-11-15)16(17-2)14-8-5-4-6-9-14/h4-6,8-9,13,15-17H,7,10-12H2,1-3H3. The summed E-state index contributed by atoms with van der Waals surface area (Å²) >= 11 is 0. The molecule has 18 heavy (non-hydrogen) atoms. The Kier molecular flexibility index (Phi) is 4.79. The van der Waals surface area contributed by atoms with Crippen LogP contribution in [0.15, 0.2) is 30.3 Å². The van der Waals surface area contributed by atoms with E-state index in [-0.39, 0.29) is 0 Å². The van der Waals surface area contributed by atoms with Crippen LogP contribution in [0, 0.1) is 5.92 Å². The van der Waals surface area contributed by atoms with Crippen molar-refractivity contribution in [2.24, 2.45) is 5.92 Å². The minimum atomic E-state index is 0.453. The molecule has 1 fully saturated rings. The van der Waals surface area contributed by atoms with Crippen LogP contribution in [0.3, 0.4) is 0 Å². The molecule has 2 atom stereocenters. The van der Waals surface area contributed by atoms with Crippen molar-refractivity contribution in [1.29, 1.82) is 0 Å². The molecule has 1 aromatic rings. The van der Waals surface area contributed by atoms with Gasteiger partial charge in [-0.25, -0.2) is 0 Å². The molecule has 2 unspecified atom stereocenters.